The van der Waals surface area contributed by atoms with Crippen LogP contribution in [0.15, 0.2) is 75.8 Å². The Labute approximate surface area is 185 Å². The van der Waals surface area contributed by atoms with Gasteiger partial charge in [0, 0.05) is 21.2 Å². The molecule has 4 aromatic rings. The fourth-order valence-electron chi connectivity index (χ4n) is 3.91. The van der Waals surface area contributed by atoms with Crippen molar-refractivity contribution < 1.29 is 18.3 Å². The lowest BCUT2D eigenvalue weighted by atomic mass is 10.1. The van der Waals surface area contributed by atoms with Crippen LogP contribution in [-0.4, -0.2) is 13.2 Å². The summed E-state index contributed by atoms with van der Waals surface area (Å²) in [5, 5.41) is 1.97. The van der Waals surface area contributed by atoms with Gasteiger partial charge in [-0.3, -0.25) is 0 Å². The summed E-state index contributed by atoms with van der Waals surface area (Å²) < 4.78 is 39.6. The SMILES string of the molecule is Fc1cc(F)cc(N2c3ccccc3Sc3cc(-c4scc5c4OCCO5)ccc32)c1. The number of fused-ring (bicyclic) bond motifs is 3. The fourth-order valence-corrected chi connectivity index (χ4v) is 5.93. The molecule has 3 aromatic carbocycles. The topological polar surface area (TPSA) is 21.7 Å². The van der Waals surface area contributed by atoms with Crippen LogP contribution in [0.4, 0.5) is 25.8 Å². The fraction of sp³-hybridized carbons (Fsp3) is 0.0833. The number of halogens is 2. The first kappa shape index (κ1) is 18.7. The largest absolute Gasteiger partial charge is 0.485 e. The van der Waals surface area contributed by atoms with Crippen molar-refractivity contribution in [2.75, 3.05) is 18.1 Å². The van der Waals surface area contributed by atoms with E-state index in [9.17, 15) is 8.78 Å². The van der Waals surface area contributed by atoms with E-state index in [4.69, 9.17) is 9.47 Å². The summed E-state index contributed by atoms with van der Waals surface area (Å²) in [5.41, 5.74) is 3.24. The molecule has 2 aliphatic rings. The van der Waals surface area contributed by atoms with Crippen LogP contribution in [0.3, 0.4) is 0 Å². The van der Waals surface area contributed by atoms with Gasteiger partial charge < -0.3 is 14.4 Å². The van der Waals surface area contributed by atoms with E-state index >= 15 is 0 Å². The number of hydrogen-bond donors (Lipinski definition) is 0. The third-order valence-electron chi connectivity index (χ3n) is 5.20. The molecule has 3 nitrogen and oxygen atoms in total. The highest BCUT2D eigenvalue weighted by Crippen LogP contribution is 2.53. The molecule has 0 fully saturated rings. The second kappa shape index (κ2) is 7.28. The van der Waals surface area contributed by atoms with E-state index in [1.807, 2.05) is 46.7 Å². The molecule has 3 heterocycles. The first-order valence-electron chi connectivity index (χ1n) is 9.72. The van der Waals surface area contributed by atoms with Gasteiger partial charge in [0.15, 0.2) is 11.5 Å². The number of ether oxygens (including phenoxy) is 2. The van der Waals surface area contributed by atoms with Crippen LogP contribution in [0.2, 0.25) is 0 Å². The van der Waals surface area contributed by atoms with Gasteiger partial charge in [-0.25, -0.2) is 8.78 Å². The van der Waals surface area contributed by atoms with Crippen molar-refractivity contribution in [3.8, 4) is 21.9 Å². The zero-order valence-corrected chi connectivity index (χ0v) is 17.7. The monoisotopic (exact) mass is 451 g/mol. The van der Waals surface area contributed by atoms with Crippen molar-refractivity contribution in [1.82, 2.24) is 0 Å². The quantitative estimate of drug-likeness (QED) is 0.279. The minimum absolute atomic E-state index is 0.449. The maximum absolute atomic E-state index is 14.0. The van der Waals surface area contributed by atoms with Gasteiger partial charge in [-0.1, -0.05) is 30.0 Å². The number of para-hydroxylation sites is 1. The van der Waals surface area contributed by atoms with Gasteiger partial charge >= 0.3 is 0 Å². The minimum Gasteiger partial charge on any atom is -0.485 e. The van der Waals surface area contributed by atoms with Crippen molar-refractivity contribution in [2.24, 2.45) is 0 Å². The molecule has 0 radical (unpaired) electrons. The van der Waals surface area contributed by atoms with Gasteiger partial charge in [0.05, 0.1) is 21.9 Å². The smallest absolute Gasteiger partial charge is 0.179 e. The Kier molecular flexibility index (Phi) is 4.40. The standard InChI is InChI=1S/C24H15F2NO2S2/c25-15-10-16(26)12-17(11-15)27-18-3-1-2-4-21(18)31-22-9-14(5-6-19(22)27)24-23-20(13-30-24)28-7-8-29-23/h1-6,9-13H,7-8H2. The van der Waals surface area contributed by atoms with Crippen LogP contribution in [0.5, 0.6) is 11.5 Å². The Hall–Kier alpha value is -3.03. The maximum Gasteiger partial charge on any atom is 0.179 e. The molecule has 0 N–H and O–H groups in total. The predicted molar refractivity (Wildman–Crippen MR) is 119 cm³/mol. The Bertz CT molecular complexity index is 1300. The Balaban J connectivity index is 1.51. The highest BCUT2D eigenvalue weighted by atomic mass is 32.2. The molecular formula is C24H15F2NO2S2. The molecule has 0 saturated heterocycles. The number of rotatable bonds is 2. The highest BCUT2D eigenvalue weighted by Gasteiger charge is 2.27. The normalized spacial score (nSPS) is 14.2. The molecule has 0 spiro atoms. The zero-order valence-electron chi connectivity index (χ0n) is 16.1. The molecule has 0 unspecified atom stereocenters. The van der Waals surface area contributed by atoms with E-state index in [0.717, 1.165) is 49.2 Å². The molecule has 0 saturated carbocycles. The van der Waals surface area contributed by atoms with E-state index < -0.39 is 11.6 Å². The summed E-state index contributed by atoms with van der Waals surface area (Å²) in [4.78, 5) is 4.94. The van der Waals surface area contributed by atoms with Crippen LogP contribution in [0, 0.1) is 11.6 Å². The number of anilines is 3. The van der Waals surface area contributed by atoms with Crippen molar-refractivity contribution in [1.29, 1.82) is 0 Å². The molecule has 154 valence electrons. The highest BCUT2D eigenvalue weighted by molar-refractivity contribution is 7.99. The average molecular weight is 452 g/mol. The van der Waals surface area contributed by atoms with E-state index in [0.29, 0.717) is 18.9 Å². The van der Waals surface area contributed by atoms with Crippen molar-refractivity contribution in [3.63, 3.8) is 0 Å². The molecule has 0 bridgehead atoms. The molecule has 31 heavy (non-hydrogen) atoms. The molecule has 6 rings (SSSR count). The van der Waals surface area contributed by atoms with Crippen LogP contribution in [0.25, 0.3) is 10.4 Å². The third-order valence-corrected chi connectivity index (χ3v) is 7.30. The summed E-state index contributed by atoms with van der Waals surface area (Å²) in [7, 11) is 0. The van der Waals surface area contributed by atoms with E-state index in [1.165, 1.54) is 12.1 Å². The van der Waals surface area contributed by atoms with Crippen molar-refractivity contribution >= 4 is 40.2 Å². The minimum atomic E-state index is -0.605. The van der Waals surface area contributed by atoms with Gasteiger partial charge in [-0.15, -0.1) is 11.3 Å². The average Bonchev–Trinajstić information content (AvgIpc) is 3.20. The van der Waals surface area contributed by atoms with Crippen LogP contribution >= 0.6 is 23.1 Å². The van der Waals surface area contributed by atoms with Crippen LogP contribution < -0.4 is 14.4 Å². The Morgan fingerprint density at radius 1 is 0.806 bits per heavy atom. The Morgan fingerprint density at radius 2 is 1.58 bits per heavy atom. The summed E-state index contributed by atoms with van der Waals surface area (Å²) >= 11 is 3.23. The second-order valence-electron chi connectivity index (χ2n) is 7.17. The lowest BCUT2D eigenvalue weighted by molar-refractivity contribution is 0.174. The molecule has 0 aliphatic carbocycles. The third kappa shape index (κ3) is 3.16. The summed E-state index contributed by atoms with van der Waals surface area (Å²) in [6.45, 7) is 1.09. The van der Waals surface area contributed by atoms with Gasteiger partial charge in [0.2, 0.25) is 0 Å². The first-order valence-corrected chi connectivity index (χ1v) is 11.4. The number of nitrogens with zero attached hydrogens (tertiary/aromatic N) is 1. The van der Waals surface area contributed by atoms with Gasteiger partial charge in [-0.05, 0) is 42.0 Å². The van der Waals surface area contributed by atoms with Crippen LogP contribution in [0.1, 0.15) is 0 Å². The lowest BCUT2D eigenvalue weighted by Crippen LogP contribution is -2.15. The lowest BCUT2D eigenvalue weighted by Gasteiger charge is -2.33. The van der Waals surface area contributed by atoms with E-state index in [2.05, 4.69) is 6.07 Å². The van der Waals surface area contributed by atoms with Gasteiger partial charge in [0.25, 0.3) is 0 Å². The number of hydrogen-bond acceptors (Lipinski definition) is 5. The molecule has 1 aromatic heterocycles. The number of benzene rings is 3. The van der Waals surface area contributed by atoms with Gasteiger partial charge in [-0.2, -0.15) is 0 Å². The van der Waals surface area contributed by atoms with Gasteiger partial charge in [0.1, 0.15) is 24.8 Å². The molecule has 0 atom stereocenters. The molecule has 7 heteroatoms. The van der Waals surface area contributed by atoms with Crippen molar-refractivity contribution in [3.05, 3.63) is 77.7 Å². The van der Waals surface area contributed by atoms with E-state index in [1.54, 1.807) is 23.1 Å². The molecular weight excluding hydrogens is 436 g/mol. The maximum atomic E-state index is 14.0. The summed E-state index contributed by atoms with van der Waals surface area (Å²) in [6.07, 6.45) is 0. The number of thiophene rings is 1. The molecule has 0 amide bonds. The first-order chi connectivity index (χ1) is 15.2. The molecule has 2 aliphatic heterocycles. The summed E-state index contributed by atoms with van der Waals surface area (Å²) in [6, 6.07) is 17.6. The Morgan fingerprint density at radius 3 is 2.45 bits per heavy atom. The zero-order chi connectivity index (χ0) is 20.9. The summed E-state index contributed by atoms with van der Waals surface area (Å²) in [5.74, 6) is 0.345. The van der Waals surface area contributed by atoms with E-state index in [-0.39, 0.29) is 0 Å². The van der Waals surface area contributed by atoms with Crippen molar-refractivity contribution in [2.45, 2.75) is 9.79 Å². The second-order valence-corrected chi connectivity index (χ2v) is 9.13. The predicted octanol–water partition coefficient (Wildman–Crippen LogP) is 7.40. The van der Waals surface area contributed by atoms with Crippen LogP contribution in [-0.2, 0) is 0 Å².